The summed E-state index contributed by atoms with van der Waals surface area (Å²) < 4.78 is 14.0. The van der Waals surface area contributed by atoms with E-state index in [0.717, 1.165) is 5.69 Å². The Labute approximate surface area is 165 Å². The van der Waals surface area contributed by atoms with Crippen molar-refractivity contribution in [2.24, 2.45) is 0 Å². The average Bonchev–Trinajstić information content (AvgIpc) is 2.75. The summed E-state index contributed by atoms with van der Waals surface area (Å²) in [7, 11) is 0. The fourth-order valence-corrected chi connectivity index (χ4v) is 4.16. The molecule has 0 spiro atoms. The van der Waals surface area contributed by atoms with E-state index in [1.807, 2.05) is 21.9 Å². The van der Waals surface area contributed by atoms with E-state index in [1.165, 1.54) is 38.2 Å². The minimum atomic E-state index is -0.215. The van der Waals surface area contributed by atoms with E-state index in [2.05, 4.69) is 10.3 Å². The van der Waals surface area contributed by atoms with E-state index >= 15 is 0 Å². The van der Waals surface area contributed by atoms with E-state index < -0.39 is 0 Å². The molecule has 28 heavy (non-hydrogen) atoms. The van der Waals surface area contributed by atoms with Crippen LogP contribution in [0.3, 0.4) is 0 Å². The van der Waals surface area contributed by atoms with Gasteiger partial charge in [0.1, 0.15) is 5.82 Å². The molecule has 1 aliphatic heterocycles. The number of halogens is 1. The molecule has 0 atom stereocenters. The number of pyridine rings is 1. The van der Waals surface area contributed by atoms with Crippen molar-refractivity contribution in [3.8, 4) is 0 Å². The number of carbonyl (C=O) groups is 1. The van der Waals surface area contributed by atoms with Gasteiger partial charge in [-0.15, -0.1) is 0 Å². The number of hydrogen-bond donors (Lipinski definition) is 1. The molecule has 1 saturated carbocycles. The second-order valence-electron chi connectivity index (χ2n) is 7.67. The van der Waals surface area contributed by atoms with Crippen LogP contribution in [0.25, 0.3) is 0 Å². The molecule has 1 aromatic heterocycles. The zero-order valence-corrected chi connectivity index (χ0v) is 16.1. The first-order chi connectivity index (χ1) is 13.7. The predicted octanol–water partition coefficient (Wildman–Crippen LogP) is 3.93. The molecule has 148 valence electrons. The number of nitrogens with zero attached hydrogens (tertiary/aromatic N) is 3. The van der Waals surface area contributed by atoms with Gasteiger partial charge in [0.15, 0.2) is 0 Å². The molecular weight excluding hydrogens is 355 g/mol. The summed E-state index contributed by atoms with van der Waals surface area (Å²) in [5.74, 6) is -0.221. The molecule has 2 aliphatic rings. The quantitative estimate of drug-likeness (QED) is 0.871. The number of aromatic nitrogens is 1. The van der Waals surface area contributed by atoms with Gasteiger partial charge in [-0.2, -0.15) is 0 Å². The van der Waals surface area contributed by atoms with Gasteiger partial charge in [-0.1, -0.05) is 31.4 Å². The van der Waals surface area contributed by atoms with Crippen molar-refractivity contribution in [2.45, 2.75) is 38.1 Å². The van der Waals surface area contributed by atoms with Crippen LogP contribution in [0.4, 0.5) is 15.8 Å². The van der Waals surface area contributed by atoms with Crippen LogP contribution in [-0.2, 0) is 0 Å². The Morgan fingerprint density at radius 1 is 1.04 bits per heavy atom. The zero-order chi connectivity index (χ0) is 19.3. The lowest BCUT2D eigenvalue weighted by molar-refractivity contribution is 0.0746. The summed E-state index contributed by atoms with van der Waals surface area (Å²) in [5, 5.41) is 3.53. The Kier molecular flexibility index (Phi) is 5.74. The van der Waals surface area contributed by atoms with E-state index in [9.17, 15) is 9.18 Å². The molecule has 1 N–H and O–H groups in total. The van der Waals surface area contributed by atoms with Crippen LogP contribution >= 0.6 is 0 Å². The number of anilines is 2. The van der Waals surface area contributed by atoms with Gasteiger partial charge in [0.2, 0.25) is 0 Å². The van der Waals surface area contributed by atoms with Crippen molar-refractivity contribution in [2.75, 3.05) is 36.4 Å². The summed E-state index contributed by atoms with van der Waals surface area (Å²) >= 11 is 0. The van der Waals surface area contributed by atoms with Crippen LogP contribution in [-0.4, -0.2) is 48.0 Å². The Bertz CT molecular complexity index is 814. The van der Waals surface area contributed by atoms with Gasteiger partial charge < -0.3 is 15.1 Å². The second kappa shape index (κ2) is 8.59. The number of piperazine rings is 1. The van der Waals surface area contributed by atoms with Gasteiger partial charge in [-0.3, -0.25) is 9.78 Å². The predicted molar refractivity (Wildman–Crippen MR) is 109 cm³/mol. The van der Waals surface area contributed by atoms with Crippen molar-refractivity contribution in [3.63, 3.8) is 0 Å². The third-order valence-electron chi connectivity index (χ3n) is 5.72. The maximum atomic E-state index is 14.0. The van der Waals surface area contributed by atoms with Gasteiger partial charge in [-0.05, 0) is 31.0 Å². The fraction of sp³-hybridized carbons (Fsp3) is 0.455. The summed E-state index contributed by atoms with van der Waals surface area (Å²) in [5.41, 5.74) is 2.14. The van der Waals surface area contributed by atoms with E-state index in [4.69, 9.17) is 0 Å². The first-order valence-corrected chi connectivity index (χ1v) is 10.2. The zero-order valence-electron chi connectivity index (χ0n) is 16.1. The fourth-order valence-electron chi connectivity index (χ4n) is 4.16. The van der Waals surface area contributed by atoms with E-state index in [-0.39, 0.29) is 11.7 Å². The van der Waals surface area contributed by atoms with Gasteiger partial charge >= 0.3 is 0 Å². The van der Waals surface area contributed by atoms with E-state index in [0.29, 0.717) is 43.5 Å². The van der Waals surface area contributed by atoms with Gasteiger partial charge in [0.25, 0.3) is 5.91 Å². The monoisotopic (exact) mass is 382 g/mol. The van der Waals surface area contributed by atoms with Crippen LogP contribution in [0.1, 0.15) is 42.5 Å². The Morgan fingerprint density at radius 3 is 2.54 bits per heavy atom. The maximum absolute atomic E-state index is 14.0. The Hall–Kier alpha value is -2.63. The van der Waals surface area contributed by atoms with Crippen molar-refractivity contribution >= 4 is 17.3 Å². The molecule has 6 heteroatoms. The minimum Gasteiger partial charge on any atom is -0.381 e. The van der Waals surface area contributed by atoms with Gasteiger partial charge in [0.05, 0.1) is 16.9 Å². The smallest absolute Gasteiger partial charge is 0.255 e. The van der Waals surface area contributed by atoms with E-state index in [1.54, 1.807) is 24.5 Å². The number of para-hydroxylation sites is 1. The van der Waals surface area contributed by atoms with Crippen LogP contribution in [0.2, 0.25) is 0 Å². The average molecular weight is 382 g/mol. The molecule has 2 aromatic rings. The van der Waals surface area contributed by atoms with Crippen LogP contribution in [0.15, 0.2) is 42.7 Å². The molecular formula is C22H27FN4O. The number of carbonyl (C=O) groups excluding carboxylic acids is 1. The minimum absolute atomic E-state index is 0.00650. The molecule has 1 saturated heterocycles. The first kappa shape index (κ1) is 18.7. The standard InChI is InChI=1S/C22H27FN4O/c23-20-8-4-5-9-21(20)26-10-12-27(13-11-26)22(28)17-14-19(16-24-15-17)25-18-6-2-1-3-7-18/h4-5,8-9,14-16,18,25H,1-3,6-7,10-13H2. The van der Waals surface area contributed by atoms with Gasteiger partial charge in [0, 0.05) is 44.6 Å². The molecule has 4 rings (SSSR count). The third-order valence-corrected chi connectivity index (χ3v) is 5.72. The normalized spacial score (nSPS) is 18.2. The molecule has 1 aromatic carbocycles. The third kappa shape index (κ3) is 4.26. The van der Waals surface area contributed by atoms with Crippen molar-refractivity contribution in [3.05, 3.63) is 54.1 Å². The van der Waals surface area contributed by atoms with Gasteiger partial charge in [-0.25, -0.2) is 4.39 Å². The highest BCUT2D eigenvalue weighted by Gasteiger charge is 2.24. The topological polar surface area (TPSA) is 48.5 Å². The summed E-state index contributed by atoms with van der Waals surface area (Å²) in [6, 6.07) is 9.19. The highest BCUT2D eigenvalue weighted by Crippen LogP contribution is 2.23. The Morgan fingerprint density at radius 2 is 1.79 bits per heavy atom. The lowest BCUT2D eigenvalue weighted by atomic mass is 9.95. The number of nitrogens with one attached hydrogen (secondary N) is 1. The number of amides is 1. The highest BCUT2D eigenvalue weighted by atomic mass is 19.1. The molecule has 2 fully saturated rings. The molecule has 5 nitrogen and oxygen atoms in total. The molecule has 1 aliphatic carbocycles. The lowest BCUT2D eigenvalue weighted by Crippen LogP contribution is -2.49. The van der Waals surface area contributed by atoms with Crippen molar-refractivity contribution in [1.82, 2.24) is 9.88 Å². The SMILES string of the molecule is O=C(c1cncc(NC2CCCCC2)c1)N1CCN(c2ccccc2F)CC1. The summed E-state index contributed by atoms with van der Waals surface area (Å²) in [6.07, 6.45) is 9.62. The summed E-state index contributed by atoms with van der Waals surface area (Å²) in [4.78, 5) is 21.0. The number of hydrogen-bond acceptors (Lipinski definition) is 4. The highest BCUT2D eigenvalue weighted by molar-refractivity contribution is 5.95. The summed E-state index contributed by atoms with van der Waals surface area (Å²) in [6.45, 7) is 2.40. The molecule has 2 heterocycles. The number of rotatable bonds is 4. The molecule has 0 radical (unpaired) electrons. The van der Waals surface area contributed by atoms with Crippen LogP contribution < -0.4 is 10.2 Å². The molecule has 1 amide bonds. The largest absolute Gasteiger partial charge is 0.381 e. The van der Waals surface area contributed by atoms with Crippen LogP contribution in [0, 0.1) is 5.82 Å². The van der Waals surface area contributed by atoms with Crippen molar-refractivity contribution < 1.29 is 9.18 Å². The first-order valence-electron chi connectivity index (χ1n) is 10.2. The van der Waals surface area contributed by atoms with Crippen molar-refractivity contribution in [1.29, 1.82) is 0 Å². The van der Waals surface area contributed by atoms with Crippen LogP contribution in [0.5, 0.6) is 0 Å². The second-order valence-corrected chi connectivity index (χ2v) is 7.67. The molecule has 0 bridgehead atoms. The Balaban J connectivity index is 1.37. The lowest BCUT2D eigenvalue weighted by Gasteiger charge is -2.36. The maximum Gasteiger partial charge on any atom is 0.255 e. The number of benzene rings is 1. The molecule has 0 unspecified atom stereocenters.